The van der Waals surface area contributed by atoms with Crippen LogP contribution in [0.4, 0.5) is 5.69 Å². The van der Waals surface area contributed by atoms with E-state index >= 15 is 0 Å². The lowest BCUT2D eigenvalue weighted by Crippen LogP contribution is -2.31. The number of benzene rings is 2. The number of hydrogen-bond acceptors (Lipinski definition) is 6. The van der Waals surface area contributed by atoms with E-state index in [1.807, 2.05) is 41.8 Å². The number of para-hydroxylation sites is 1. The Labute approximate surface area is 169 Å². The number of anilines is 1. The molecule has 0 spiro atoms. The molecule has 1 atom stereocenters. The Bertz CT molecular complexity index is 942. The zero-order valence-electron chi connectivity index (χ0n) is 16.8. The second kappa shape index (κ2) is 9.70. The van der Waals surface area contributed by atoms with E-state index in [0.717, 1.165) is 11.5 Å². The van der Waals surface area contributed by atoms with E-state index < -0.39 is 0 Å². The van der Waals surface area contributed by atoms with Crippen LogP contribution in [0.15, 0.2) is 54.9 Å². The molecule has 0 aliphatic carbocycles. The molecular weight excluding hydrogens is 370 g/mol. The topological polar surface area (TPSA) is 90.3 Å². The van der Waals surface area contributed by atoms with Crippen LogP contribution in [0.3, 0.4) is 0 Å². The summed E-state index contributed by atoms with van der Waals surface area (Å²) in [5, 5.41) is 14.4. The molecule has 1 aromatic heterocycles. The molecule has 29 heavy (non-hydrogen) atoms. The van der Waals surface area contributed by atoms with Crippen LogP contribution in [-0.2, 0) is 11.3 Å². The van der Waals surface area contributed by atoms with E-state index in [1.165, 1.54) is 0 Å². The van der Waals surface area contributed by atoms with Gasteiger partial charge in [-0.05, 0) is 31.2 Å². The molecule has 0 saturated carbocycles. The number of ether oxygens (including phenoxy) is 2. The van der Waals surface area contributed by atoms with Gasteiger partial charge in [0.1, 0.15) is 17.8 Å². The third-order valence-electron chi connectivity index (χ3n) is 4.43. The number of nitrogens with zero attached hydrogens (tertiary/aromatic N) is 3. The van der Waals surface area contributed by atoms with Gasteiger partial charge in [-0.1, -0.05) is 18.2 Å². The van der Waals surface area contributed by atoms with Crippen molar-refractivity contribution >= 4 is 11.6 Å². The van der Waals surface area contributed by atoms with Crippen molar-refractivity contribution < 1.29 is 14.3 Å². The predicted molar refractivity (Wildman–Crippen MR) is 110 cm³/mol. The van der Waals surface area contributed by atoms with Crippen molar-refractivity contribution in [2.45, 2.75) is 25.9 Å². The van der Waals surface area contributed by atoms with E-state index in [4.69, 9.17) is 9.47 Å². The van der Waals surface area contributed by atoms with Gasteiger partial charge >= 0.3 is 0 Å². The molecule has 0 aliphatic heterocycles. The Hall–Kier alpha value is -3.39. The highest BCUT2D eigenvalue weighted by molar-refractivity contribution is 5.92. The van der Waals surface area contributed by atoms with Crippen LogP contribution >= 0.6 is 0 Å². The Morgan fingerprint density at radius 2 is 1.93 bits per heavy atom. The lowest BCUT2D eigenvalue weighted by Gasteiger charge is -2.15. The van der Waals surface area contributed by atoms with Gasteiger partial charge in [0, 0.05) is 24.2 Å². The van der Waals surface area contributed by atoms with Gasteiger partial charge in [0.2, 0.25) is 5.91 Å². The minimum absolute atomic E-state index is 0.0625. The molecule has 2 aromatic carbocycles. The van der Waals surface area contributed by atoms with E-state index in [9.17, 15) is 4.79 Å². The summed E-state index contributed by atoms with van der Waals surface area (Å²) < 4.78 is 12.4. The fraction of sp³-hybridized carbons (Fsp3) is 0.286. The molecule has 1 amide bonds. The first-order valence-corrected chi connectivity index (χ1v) is 9.30. The molecule has 8 heteroatoms. The average Bonchev–Trinajstić information content (AvgIpc) is 3.21. The Morgan fingerprint density at radius 3 is 2.66 bits per heavy atom. The van der Waals surface area contributed by atoms with E-state index in [-0.39, 0.29) is 11.9 Å². The van der Waals surface area contributed by atoms with Crippen LogP contribution in [0.1, 0.15) is 19.2 Å². The van der Waals surface area contributed by atoms with Gasteiger partial charge in [-0.15, -0.1) is 10.2 Å². The lowest BCUT2D eigenvalue weighted by molar-refractivity contribution is -0.116. The zero-order chi connectivity index (χ0) is 20.6. The second-order valence-corrected chi connectivity index (χ2v) is 6.55. The number of methoxy groups -OCH3 is 2. The summed E-state index contributed by atoms with van der Waals surface area (Å²) in [6, 6.07) is 15.1. The maximum absolute atomic E-state index is 12.5. The maximum atomic E-state index is 12.5. The second-order valence-electron chi connectivity index (χ2n) is 6.55. The highest BCUT2D eigenvalue weighted by Gasteiger charge is 2.14. The maximum Gasteiger partial charge on any atom is 0.226 e. The zero-order valence-corrected chi connectivity index (χ0v) is 16.8. The molecule has 0 bridgehead atoms. The van der Waals surface area contributed by atoms with E-state index in [2.05, 4.69) is 20.8 Å². The number of carbonyl (C=O) groups is 1. The molecule has 2 N–H and O–H groups in total. The molecule has 0 radical (unpaired) electrons. The van der Waals surface area contributed by atoms with Crippen molar-refractivity contribution in [2.24, 2.45) is 0 Å². The normalized spacial score (nSPS) is 11.7. The molecule has 1 heterocycles. The molecule has 3 rings (SSSR count). The summed E-state index contributed by atoms with van der Waals surface area (Å²) in [5.74, 6) is 1.88. The van der Waals surface area contributed by atoms with Gasteiger partial charge in [-0.3, -0.25) is 9.36 Å². The van der Waals surface area contributed by atoms with Gasteiger partial charge in [0.05, 0.1) is 26.5 Å². The summed E-state index contributed by atoms with van der Waals surface area (Å²) in [7, 11) is 3.14. The third kappa shape index (κ3) is 5.32. The van der Waals surface area contributed by atoms with Crippen molar-refractivity contribution in [3.63, 3.8) is 0 Å². The molecule has 1 unspecified atom stereocenters. The SMILES string of the molecule is COc1ccc(OC)c(NC(=O)CC(C)NCc2nncn2-c2ccccc2)c1. The van der Waals surface area contributed by atoms with Crippen molar-refractivity contribution in [1.82, 2.24) is 20.1 Å². The van der Waals surface area contributed by atoms with Crippen LogP contribution < -0.4 is 20.1 Å². The molecule has 8 nitrogen and oxygen atoms in total. The molecule has 0 fully saturated rings. The predicted octanol–water partition coefficient (Wildman–Crippen LogP) is 2.79. The molecule has 0 aliphatic rings. The molecular formula is C21H25N5O3. The number of amides is 1. The number of aromatic nitrogens is 3. The number of carbonyl (C=O) groups excluding carboxylic acids is 1. The first-order valence-electron chi connectivity index (χ1n) is 9.30. The quantitative estimate of drug-likeness (QED) is 0.579. The number of rotatable bonds is 9. The van der Waals surface area contributed by atoms with Crippen molar-refractivity contribution in [3.8, 4) is 17.2 Å². The smallest absolute Gasteiger partial charge is 0.226 e. The highest BCUT2D eigenvalue weighted by Crippen LogP contribution is 2.29. The minimum Gasteiger partial charge on any atom is -0.497 e. The number of hydrogen-bond donors (Lipinski definition) is 2. The van der Waals surface area contributed by atoms with Gasteiger partial charge in [-0.25, -0.2) is 0 Å². The first kappa shape index (κ1) is 20.3. The Morgan fingerprint density at radius 1 is 1.14 bits per heavy atom. The summed E-state index contributed by atoms with van der Waals surface area (Å²) in [5.41, 5.74) is 1.57. The van der Waals surface area contributed by atoms with E-state index in [1.54, 1.807) is 38.7 Å². The fourth-order valence-corrected chi connectivity index (χ4v) is 2.91. The molecule has 0 saturated heterocycles. The Balaban J connectivity index is 1.56. The first-order chi connectivity index (χ1) is 14.1. The third-order valence-corrected chi connectivity index (χ3v) is 4.43. The number of nitrogens with one attached hydrogen (secondary N) is 2. The largest absolute Gasteiger partial charge is 0.497 e. The van der Waals surface area contributed by atoms with Gasteiger partial charge in [-0.2, -0.15) is 0 Å². The van der Waals surface area contributed by atoms with Crippen LogP contribution in [0, 0.1) is 0 Å². The Kier molecular flexibility index (Phi) is 6.80. The van der Waals surface area contributed by atoms with Crippen molar-refractivity contribution in [3.05, 3.63) is 60.7 Å². The standard InChI is InChI=1S/C21H25N5O3/c1-15(11-21(27)24-18-12-17(28-2)9-10-19(18)29-3)22-13-20-25-23-14-26(20)16-7-5-4-6-8-16/h4-10,12,14-15,22H,11,13H2,1-3H3,(H,24,27). The summed E-state index contributed by atoms with van der Waals surface area (Å²) in [6.07, 6.45) is 1.97. The minimum atomic E-state index is -0.124. The summed E-state index contributed by atoms with van der Waals surface area (Å²) >= 11 is 0. The summed E-state index contributed by atoms with van der Waals surface area (Å²) in [4.78, 5) is 12.5. The van der Waals surface area contributed by atoms with Gasteiger partial charge in [0.25, 0.3) is 0 Å². The molecule has 152 valence electrons. The average molecular weight is 395 g/mol. The van der Waals surface area contributed by atoms with Crippen molar-refractivity contribution in [1.29, 1.82) is 0 Å². The fourth-order valence-electron chi connectivity index (χ4n) is 2.91. The highest BCUT2D eigenvalue weighted by atomic mass is 16.5. The summed E-state index contributed by atoms with van der Waals surface area (Å²) in [6.45, 7) is 2.44. The van der Waals surface area contributed by atoms with Crippen LogP contribution in [0.5, 0.6) is 11.5 Å². The monoisotopic (exact) mass is 395 g/mol. The van der Waals surface area contributed by atoms with Crippen molar-refractivity contribution in [2.75, 3.05) is 19.5 Å². The molecule has 3 aromatic rings. The van der Waals surface area contributed by atoms with Crippen LogP contribution in [0.2, 0.25) is 0 Å². The van der Waals surface area contributed by atoms with Crippen LogP contribution in [0.25, 0.3) is 5.69 Å². The van der Waals surface area contributed by atoms with Crippen LogP contribution in [-0.4, -0.2) is 40.9 Å². The van der Waals surface area contributed by atoms with Gasteiger partial charge in [0.15, 0.2) is 5.82 Å². The van der Waals surface area contributed by atoms with E-state index in [0.29, 0.717) is 30.2 Å². The lowest BCUT2D eigenvalue weighted by atomic mass is 10.2. The van der Waals surface area contributed by atoms with Gasteiger partial charge < -0.3 is 20.1 Å².